The van der Waals surface area contributed by atoms with Crippen LogP contribution in [0.5, 0.6) is 5.75 Å². The fourth-order valence-electron chi connectivity index (χ4n) is 3.32. The highest BCUT2D eigenvalue weighted by atomic mass is 79.9. The van der Waals surface area contributed by atoms with E-state index in [0.717, 1.165) is 32.7 Å². The van der Waals surface area contributed by atoms with Gasteiger partial charge in [-0.1, -0.05) is 39.3 Å². The van der Waals surface area contributed by atoms with E-state index in [1.54, 1.807) is 0 Å². The van der Waals surface area contributed by atoms with E-state index < -0.39 is 0 Å². The number of carbonyl (C=O) groups is 1. The van der Waals surface area contributed by atoms with Crippen LogP contribution in [0.1, 0.15) is 12.5 Å². The predicted molar refractivity (Wildman–Crippen MR) is 141 cm³/mol. The molecule has 1 amide bonds. The summed E-state index contributed by atoms with van der Waals surface area (Å²) in [5, 5.41) is 13.0. The highest BCUT2D eigenvalue weighted by molar-refractivity contribution is 9.10. The number of aryl methyl sites for hydroxylation is 1. The summed E-state index contributed by atoms with van der Waals surface area (Å²) >= 11 is 10.8. The zero-order valence-electron chi connectivity index (χ0n) is 18.6. The Morgan fingerprint density at radius 1 is 1.09 bits per heavy atom. The quantitative estimate of drug-likeness (QED) is 0.242. The Hall–Kier alpha value is -2.81. The van der Waals surface area contributed by atoms with Gasteiger partial charge in [0.1, 0.15) is 5.75 Å². The van der Waals surface area contributed by atoms with Gasteiger partial charge in [0.2, 0.25) is 5.91 Å². The third-order valence-corrected chi connectivity index (χ3v) is 6.61. The van der Waals surface area contributed by atoms with E-state index in [2.05, 4.69) is 31.4 Å². The minimum atomic E-state index is -0.121. The molecule has 0 aliphatic rings. The van der Waals surface area contributed by atoms with Crippen LogP contribution in [0.15, 0.2) is 76.4 Å². The molecule has 0 atom stereocenters. The van der Waals surface area contributed by atoms with Crippen LogP contribution < -0.4 is 10.1 Å². The van der Waals surface area contributed by atoms with Crippen LogP contribution in [-0.2, 0) is 4.79 Å². The molecular formula is C25H22BrClN4O2S. The van der Waals surface area contributed by atoms with Crippen molar-refractivity contribution in [2.24, 2.45) is 0 Å². The Balaban J connectivity index is 1.60. The fraction of sp³-hybridized carbons (Fsp3) is 0.160. The van der Waals surface area contributed by atoms with Gasteiger partial charge in [-0.25, -0.2) is 0 Å². The molecule has 4 aromatic rings. The lowest BCUT2D eigenvalue weighted by Gasteiger charge is -2.12. The second kappa shape index (κ2) is 11.1. The number of benzene rings is 3. The normalized spacial score (nSPS) is 10.8. The number of halogens is 2. The van der Waals surface area contributed by atoms with E-state index in [9.17, 15) is 4.79 Å². The van der Waals surface area contributed by atoms with Crippen LogP contribution >= 0.6 is 39.3 Å². The number of thioether (sulfide) groups is 1. The van der Waals surface area contributed by atoms with Crippen molar-refractivity contribution in [3.05, 3.63) is 81.8 Å². The highest BCUT2D eigenvalue weighted by Crippen LogP contribution is 2.30. The fourth-order valence-corrected chi connectivity index (χ4v) is 4.68. The first-order valence-corrected chi connectivity index (χ1v) is 12.7. The third-order valence-electron chi connectivity index (χ3n) is 4.94. The van der Waals surface area contributed by atoms with Gasteiger partial charge < -0.3 is 10.1 Å². The molecular weight excluding hydrogens is 536 g/mol. The van der Waals surface area contributed by atoms with Gasteiger partial charge in [-0.2, -0.15) is 0 Å². The average Bonchev–Trinajstić information content (AvgIpc) is 3.25. The molecule has 6 nitrogen and oxygen atoms in total. The Morgan fingerprint density at radius 3 is 2.50 bits per heavy atom. The Bertz CT molecular complexity index is 1290. The number of nitrogens with zero attached hydrogens (tertiary/aromatic N) is 3. The molecule has 1 heterocycles. The Labute approximate surface area is 215 Å². The van der Waals surface area contributed by atoms with E-state index >= 15 is 0 Å². The summed E-state index contributed by atoms with van der Waals surface area (Å²) in [4.78, 5) is 12.7. The molecule has 0 bridgehead atoms. The van der Waals surface area contributed by atoms with Crippen LogP contribution in [0.25, 0.3) is 17.1 Å². The number of rotatable bonds is 8. The van der Waals surface area contributed by atoms with Crippen LogP contribution in [0.3, 0.4) is 0 Å². The largest absolute Gasteiger partial charge is 0.494 e. The molecule has 0 saturated heterocycles. The van der Waals surface area contributed by atoms with E-state index in [-0.39, 0.29) is 11.7 Å². The van der Waals surface area contributed by atoms with Gasteiger partial charge >= 0.3 is 0 Å². The minimum absolute atomic E-state index is 0.121. The molecule has 3 aromatic carbocycles. The van der Waals surface area contributed by atoms with Gasteiger partial charge in [0.25, 0.3) is 0 Å². The number of nitrogens with one attached hydrogen (secondary N) is 1. The number of ether oxygens (including phenoxy) is 1. The second-order valence-corrected chi connectivity index (χ2v) is 9.67. The van der Waals surface area contributed by atoms with Gasteiger partial charge in [0.05, 0.1) is 12.4 Å². The zero-order chi connectivity index (χ0) is 24.1. The zero-order valence-corrected chi connectivity index (χ0v) is 21.7. The topological polar surface area (TPSA) is 69.0 Å². The maximum absolute atomic E-state index is 12.7. The summed E-state index contributed by atoms with van der Waals surface area (Å²) in [7, 11) is 0. The van der Waals surface area contributed by atoms with E-state index in [1.165, 1.54) is 11.8 Å². The van der Waals surface area contributed by atoms with Crippen LogP contribution in [-0.4, -0.2) is 33.0 Å². The standard InChI is InChI=1S/C25H22BrClN4O2S/c1-3-33-21-11-9-20(10-12-21)31-24(17-4-7-19(27)8-5-17)29-30-25(31)34-15-23(32)28-22-13-6-18(26)14-16(22)2/h4-14H,3,15H2,1-2H3,(H,28,32). The van der Waals surface area contributed by atoms with Crippen LogP contribution in [0, 0.1) is 6.92 Å². The molecule has 0 spiro atoms. The third kappa shape index (κ3) is 5.81. The lowest BCUT2D eigenvalue weighted by molar-refractivity contribution is -0.113. The lowest BCUT2D eigenvalue weighted by atomic mass is 10.2. The number of amides is 1. The molecule has 34 heavy (non-hydrogen) atoms. The van der Waals surface area contributed by atoms with E-state index in [1.807, 2.05) is 85.1 Å². The van der Waals surface area contributed by atoms with Gasteiger partial charge in [0.15, 0.2) is 11.0 Å². The summed E-state index contributed by atoms with van der Waals surface area (Å²) in [6, 6.07) is 20.9. The molecule has 0 aliphatic heterocycles. The predicted octanol–water partition coefficient (Wildman–Crippen LogP) is 6.79. The molecule has 0 aliphatic carbocycles. The maximum atomic E-state index is 12.7. The lowest BCUT2D eigenvalue weighted by Crippen LogP contribution is -2.15. The van der Waals surface area contributed by atoms with Crippen molar-refractivity contribution < 1.29 is 9.53 Å². The molecule has 0 radical (unpaired) electrons. The van der Waals surface area contributed by atoms with Gasteiger partial charge in [-0.15, -0.1) is 10.2 Å². The van der Waals surface area contributed by atoms with Crippen molar-refractivity contribution in [3.8, 4) is 22.8 Å². The summed E-state index contributed by atoms with van der Waals surface area (Å²) in [5.74, 6) is 1.51. The minimum Gasteiger partial charge on any atom is -0.494 e. The van der Waals surface area contributed by atoms with Crippen molar-refractivity contribution in [1.29, 1.82) is 0 Å². The Kier molecular flexibility index (Phi) is 7.92. The summed E-state index contributed by atoms with van der Waals surface area (Å²) in [5.41, 5.74) is 3.50. The van der Waals surface area contributed by atoms with E-state index in [4.69, 9.17) is 16.3 Å². The van der Waals surface area contributed by atoms with Crippen molar-refractivity contribution in [1.82, 2.24) is 14.8 Å². The highest BCUT2D eigenvalue weighted by Gasteiger charge is 2.18. The number of hydrogen-bond acceptors (Lipinski definition) is 5. The molecule has 1 N–H and O–H groups in total. The summed E-state index contributed by atoms with van der Waals surface area (Å²) < 4.78 is 8.47. The number of anilines is 1. The average molecular weight is 558 g/mol. The summed E-state index contributed by atoms with van der Waals surface area (Å²) in [6.07, 6.45) is 0. The SMILES string of the molecule is CCOc1ccc(-n2c(SCC(=O)Nc3ccc(Br)cc3C)nnc2-c2ccc(Cl)cc2)cc1. The van der Waals surface area contributed by atoms with Crippen molar-refractivity contribution in [3.63, 3.8) is 0 Å². The molecule has 0 saturated carbocycles. The number of hydrogen-bond donors (Lipinski definition) is 1. The van der Waals surface area contributed by atoms with Crippen molar-refractivity contribution >= 4 is 50.9 Å². The molecule has 174 valence electrons. The second-order valence-electron chi connectivity index (χ2n) is 7.37. The van der Waals surface area contributed by atoms with Gasteiger partial charge in [0, 0.05) is 26.4 Å². The first-order valence-electron chi connectivity index (χ1n) is 10.6. The molecule has 1 aromatic heterocycles. The van der Waals surface area contributed by atoms with Crippen molar-refractivity contribution in [2.75, 3.05) is 17.7 Å². The summed E-state index contributed by atoms with van der Waals surface area (Å²) in [6.45, 7) is 4.49. The maximum Gasteiger partial charge on any atom is 0.234 e. The molecule has 0 fully saturated rings. The first-order chi connectivity index (χ1) is 16.4. The number of aromatic nitrogens is 3. The van der Waals surface area contributed by atoms with Gasteiger partial charge in [-0.3, -0.25) is 9.36 Å². The first kappa shape index (κ1) is 24.3. The van der Waals surface area contributed by atoms with Crippen molar-refractivity contribution in [2.45, 2.75) is 19.0 Å². The van der Waals surface area contributed by atoms with Crippen LogP contribution in [0.4, 0.5) is 5.69 Å². The monoisotopic (exact) mass is 556 g/mol. The molecule has 0 unspecified atom stereocenters. The van der Waals surface area contributed by atoms with E-state index in [0.29, 0.717) is 22.6 Å². The number of carbonyl (C=O) groups excluding carboxylic acids is 1. The molecule has 9 heteroatoms. The smallest absolute Gasteiger partial charge is 0.234 e. The van der Waals surface area contributed by atoms with Gasteiger partial charge in [-0.05, 0) is 86.1 Å². The molecule has 4 rings (SSSR count). The Morgan fingerprint density at radius 2 is 1.82 bits per heavy atom. The van der Waals surface area contributed by atoms with Crippen LogP contribution in [0.2, 0.25) is 5.02 Å².